The van der Waals surface area contributed by atoms with E-state index in [1.54, 1.807) is 6.20 Å². The molecule has 2 aromatic heterocycles. The van der Waals surface area contributed by atoms with Gasteiger partial charge in [0.15, 0.2) is 0 Å². The number of amides is 1. The molecule has 2 aliphatic heterocycles. The van der Waals surface area contributed by atoms with Crippen LogP contribution in [-0.2, 0) is 17.6 Å². The minimum absolute atomic E-state index is 0.0162. The quantitative estimate of drug-likeness (QED) is 0.390. The van der Waals surface area contributed by atoms with E-state index in [-0.39, 0.29) is 11.8 Å². The number of carbonyl (C=O) groups excluding carboxylic acids is 1. The molecular weight excluding hydrogens is 440 g/mol. The van der Waals surface area contributed by atoms with E-state index in [2.05, 4.69) is 32.4 Å². The summed E-state index contributed by atoms with van der Waals surface area (Å²) in [5, 5.41) is 2.81. The summed E-state index contributed by atoms with van der Waals surface area (Å²) in [5.74, 6) is 3.94. The minimum Gasteiger partial charge on any atom is -0.493 e. The maximum absolute atomic E-state index is 11.7. The maximum atomic E-state index is 11.7. The number of aromatic nitrogens is 3. The molecule has 0 bridgehead atoms. The molecule has 7 nitrogen and oxygen atoms in total. The van der Waals surface area contributed by atoms with Gasteiger partial charge in [-0.2, -0.15) is 0 Å². The second kappa shape index (κ2) is 10.0. The van der Waals surface area contributed by atoms with E-state index < -0.39 is 0 Å². The van der Waals surface area contributed by atoms with Gasteiger partial charge in [0.25, 0.3) is 0 Å². The van der Waals surface area contributed by atoms with Gasteiger partial charge in [0, 0.05) is 18.2 Å². The molecule has 0 saturated heterocycles. The van der Waals surface area contributed by atoms with Crippen LogP contribution in [0.15, 0.2) is 67.0 Å². The minimum atomic E-state index is -0.0162. The Morgan fingerprint density at radius 1 is 1.03 bits per heavy atom. The lowest BCUT2D eigenvalue weighted by Gasteiger charge is -2.25. The standard InChI is InChI=1S/C26H22N4O3.C2H6/c31-24-9-7-20-23(10-11-27-26(20)30-24)33-19-6-8-22-17(13-19)12-18(15-32-22)25-28-14-21(29-25)16-4-2-1-3-5-16;1-2/h1-6,8,10-11,13-14,18H,7,9,12,15H2,(H,28,29)(H,27,30,31);1-2H3. The van der Waals surface area contributed by atoms with Gasteiger partial charge in [-0.25, -0.2) is 9.97 Å². The third-order valence-corrected chi connectivity index (χ3v) is 6.11. The van der Waals surface area contributed by atoms with Crippen LogP contribution in [-0.4, -0.2) is 27.5 Å². The molecule has 1 atom stereocenters. The number of fused-ring (bicyclic) bond motifs is 2. The Kier molecular flexibility index (Phi) is 6.48. The van der Waals surface area contributed by atoms with Crippen molar-refractivity contribution in [3.05, 3.63) is 83.9 Å². The molecule has 178 valence electrons. The lowest BCUT2D eigenvalue weighted by atomic mass is 9.96. The van der Waals surface area contributed by atoms with E-state index in [0.29, 0.717) is 31.0 Å². The Bertz CT molecular complexity index is 1330. The first-order chi connectivity index (χ1) is 17.2. The summed E-state index contributed by atoms with van der Waals surface area (Å²) in [4.78, 5) is 24.0. The van der Waals surface area contributed by atoms with Crippen LogP contribution >= 0.6 is 0 Å². The van der Waals surface area contributed by atoms with Gasteiger partial charge in [-0.3, -0.25) is 4.79 Å². The SMILES string of the molecule is CC.O=C1CCc2c(Oc3ccc4c(c3)CC(c3ncc(-c5ccccc5)[nH]3)CO4)ccnc2N1. The number of rotatable bonds is 4. The lowest BCUT2D eigenvalue weighted by molar-refractivity contribution is -0.116. The number of pyridine rings is 1. The number of H-pyrrole nitrogens is 1. The number of hydrogen-bond acceptors (Lipinski definition) is 5. The third kappa shape index (κ3) is 4.75. The third-order valence-electron chi connectivity index (χ3n) is 6.11. The summed E-state index contributed by atoms with van der Waals surface area (Å²) in [5.41, 5.74) is 4.12. The second-order valence-corrected chi connectivity index (χ2v) is 8.32. The van der Waals surface area contributed by atoms with E-state index in [1.165, 1.54) is 0 Å². The summed E-state index contributed by atoms with van der Waals surface area (Å²) in [6.07, 6.45) is 5.38. The van der Waals surface area contributed by atoms with Crippen LogP contribution in [0.1, 0.15) is 43.1 Å². The average Bonchev–Trinajstić information content (AvgIpc) is 3.40. The molecule has 2 aromatic carbocycles. The predicted molar refractivity (Wildman–Crippen MR) is 135 cm³/mol. The van der Waals surface area contributed by atoms with Crippen LogP contribution in [0.3, 0.4) is 0 Å². The van der Waals surface area contributed by atoms with E-state index in [9.17, 15) is 4.79 Å². The molecule has 4 heterocycles. The number of anilines is 1. The van der Waals surface area contributed by atoms with Crippen LogP contribution < -0.4 is 14.8 Å². The van der Waals surface area contributed by atoms with Crippen molar-refractivity contribution in [3.63, 3.8) is 0 Å². The van der Waals surface area contributed by atoms with Gasteiger partial charge in [0.05, 0.1) is 24.4 Å². The van der Waals surface area contributed by atoms with Crippen molar-refractivity contribution in [1.82, 2.24) is 15.0 Å². The van der Waals surface area contributed by atoms with Crippen LogP contribution in [0.5, 0.6) is 17.2 Å². The smallest absolute Gasteiger partial charge is 0.225 e. The van der Waals surface area contributed by atoms with Crippen molar-refractivity contribution in [2.75, 3.05) is 11.9 Å². The molecule has 7 heteroatoms. The normalized spacial score (nSPS) is 16.1. The molecule has 2 N–H and O–H groups in total. The Morgan fingerprint density at radius 3 is 2.74 bits per heavy atom. The van der Waals surface area contributed by atoms with Crippen LogP contribution in [0.4, 0.5) is 5.82 Å². The van der Waals surface area contributed by atoms with Gasteiger partial charge in [0.1, 0.15) is 28.9 Å². The molecule has 1 amide bonds. The lowest BCUT2D eigenvalue weighted by Crippen LogP contribution is -2.20. The highest BCUT2D eigenvalue weighted by Crippen LogP contribution is 2.37. The number of hydrogen-bond donors (Lipinski definition) is 2. The van der Waals surface area contributed by atoms with Crippen molar-refractivity contribution in [3.8, 4) is 28.5 Å². The number of aromatic amines is 1. The van der Waals surface area contributed by atoms with Crippen LogP contribution in [0.2, 0.25) is 0 Å². The number of nitrogens with zero attached hydrogens (tertiary/aromatic N) is 2. The fourth-order valence-electron chi connectivity index (χ4n) is 4.40. The molecule has 6 rings (SSSR count). The monoisotopic (exact) mass is 468 g/mol. The zero-order chi connectivity index (χ0) is 24.2. The molecule has 1 unspecified atom stereocenters. The first kappa shape index (κ1) is 22.7. The van der Waals surface area contributed by atoms with Gasteiger partial charge >= 0.3 is 0 Å². The average molecular weight is 469 g/mol. The van der Waals surface area contributed by atoms with Gasteiger partial charge in [0.2, 0.25) is 5.91 Å². The number of imidazole rings is 1. The topological polar surface area (TPSA) is 89.1 Å². The first-order valence-corrected chi connectivity index (χ1v) is 12.0. The predicted octanol–water partition coefficient (Wildman–Crippen LogP) is 5.89. The fraction of sp³-hybridized carbons (Fsp3) is 0.250. The molecular formula is C28H28N4O3. The number of carbonyl (C=O) groups is 1. The highest BCUT2D eigenvalue weighted by atomic mass is 16.5. The van der Waals surface area contributed by atoms with Crippen LogP contribution in [0, 0.1) is 0 Å². The summed E-state index contributed by atoms with van der Waals surface area (Å²) in [6, 6.07) is 17.9. The van der Waals surface area contributed by atoms with E-state index in [4.69, 9.17) is 9.47 Å². The number of ether oxygens (including phenoxy) is 2. The van der Waals surface area contributed by atoms with Crippen molar-refractivity contribution >= 4 is 11.7 Å². The Morgan fingerprint density at radius 2 is 1.89 bits per heavy atom. The Hall–Kier alpha value is -4.13. The Balaban J connectivity index is 0.00000124. The summed E-state index contributed by atoms with van der Waals surface area (Å²) < 4.78 is 12.3. The highest BCUT2D eigenvalue weighted by molar-refractivity contribution is 5.93. The summed E-state index contributed by atoms with van der Waals surface area (Å²) in [6.45, 7) is 4.58. The zero-order valence-electron chi connectivity index (χ0n) is 19.9. The molecule has 2 aliphatic rings. The molecule has 0 saturated carbocycles. The summed E-state index contributed by atoms with van der Waals surface area (Å²) in [7, 11) is 0. The fourth-order valence-corrected chi connectivity index (χ4v) is 4.40. The first-order valence-electron chi connectivity index (χ1n) is 12.0. The van der Waals surface area contributed by atoms with Gasteiger partial charge in [-0.1, -0.05) is 44.2 Å². The second-order valence-electron chi connectivity index (χ2n) is 8.32. The largest absolute Gasteiger partial charge is 0.493 e. The summed E-state index contributed by atoms with van der Waals surface area (Å²) >= 11 is 0. The van der Waals surface area contributed by atoms with Crippen LogP contribution in [0.25, 0.3) is 11.3 Å². The van der Waals surface area contributed by atoms with E-state index in [1.807, 2.05) is 62.5 Å². The van der Waals surface area contributed by atoms with E-state index >= 15 is 0 Å². The maximum Gasteiger partial charge on any atom is 0.225 e. The number of benzene rings is 2. The molecule has 4 aromatic rings. The van der Waals surface area contributed by atoms with Crippen molar-refractivity contribution in [2.24, 2.45) is 0 Å². The van der Waals surface area contributed by atoms with E-state index in [0.717, 1.165) is 46.1 Å². The van der Waals surface area contributed by atoms with Crippen molar-refractivity contribution in [2.45, 2.75) is 39.0 Å². The molecule has 35 heavy (non-hydrogen) atoms. The Labute approximate surface area is 204 Å². The molecule has 0 aliphatic carbocycles. The van der Waals surface area contributed by atoms with Gasteiger partial charge in [-0.15, -0.1) is 0 Å². The molecule has 0 radical (unpaired) electrons. The van der Waals surface area contributed by atoms with Crippen molar-refractivity contribution < 1.29 is 14.3 Å². The highest BCUT2D eigenvalue weighted by Gasteiger charge is 2.25. The van der Waals surface area contributed by atoms with Gasteiger partial charge < -0.3 is 19.8 Å². The zero-order valence-corrected chi connectivity index (χ0v) is 19.9. The van der Waals surface area contributed by atoms with Crippen molar-refractivity contribution in [1.29, 1.82) is 0 Å². The number of nitrogens with one attached hydrogen (secondary N) is 2. The molecule has 0 spiro atoms. The molecule has 0 fully saturated rings. The van der Waals surface area contributed by atoms with Gasteiger partial charge in [-0.05, 0) is 48.2 Å².